The van der Waals surface area contributed by atoms with Crippen LogP contribution in [0.2, 0.25) is 0 Å². The van der Waals surface area contributed by atoms with Gasteiger partial charge in [0.25, 0.3) is 0 Å². The molecule has 59 heavy (non-hydrogen) atoms. The summed E-state index contributed by atoms with van der Waals surface area (Å²) in [6, 6.07) is 54.8. The molecule has 0 amide bonds. The average Bonchev–Trinajstić information content (AvgIpc) is 3.96. The van der Waals surface area contributed by atoms with Gasteiger partial charge in [-0.05, 0) is 66.4 Å². The molecular weight excluding hydrogens is 723 g/mol. The smallest absolute Gasteiger partial charge is 0.236 e. The van der Waals surface area contributed by atoms with Crippen LogP contribution in [0, 0.1) is 0 Å². The third-order valence-corrected chi connectivity index (χ3v) is 10.5. The van der Waals surface area contributed by atoms with Crippen molar-refractivity contribution in [2.75, 3.05) is 0 Å². The van der Waals surface area contributed by atoms with Gasteiger partial charge in [-0.1, -0.05) is 154 Å². The predicted octanol–water partition coefficient (Wildman–Crippen LogP) is 14.1. The number of benzene rings is 7. The van der Waals surface area contributed by atoms with E-state index in [2.05, 4.69) is 143 Å². The fourth-order valence-electron chi connectivity index (χ4n) is 8.10. The molecule has 3 heterocycles. The Kier molecular flexibility index (Phi) is 9.95. The Morgan fingerprint density at radius 1 is 0.593 bits per heavy atom. The lowest BCUT2D eigenvalue weighted by molar-refractivity contribution is 0.666. The number of amidine groups is 1. The highest BCUT2D eigenvalue weighted by Gasteiger charge is 2.21. The Labute approximate surface area is 342 Å². The van der Waals surface area contributed by atoms with Gasteiger partial charge >= 0.3 is 0 Å². The largest absolute Gasteiger partial charge is 0.454 e. The van der Waals surface area contributed by atoms with Crippen LogP contribution in [0.4, 0.5) is 0 Å². The van der Waals surface area contributed by atoms with Crippen molar-refractivity contribution in [3.63, 3.8) is 0 Å². The van der Waals surface area contributed by atoms with Gasteiger partial charge in [0, 0.05) is 44.1 Å². The van der Waals surface area contributed by atoms with Gasteiger partial charge in [-0.2, -0.15) is 4.99 Å². The molecule has 0 saturated carbocycles. The second-order valence-electron chi connectivity index (χ2n) is 13.7. The molecule has 10 rings (SSSR count). The van der Waals surface area contributed by atoms with Gasteiger partial charge in [0.05, 0.1) is 27.8 Å². The van der Waals surface area contributed by atoms with Crippen molar-refractivity contribution in [2.24, 2.45) is 15.0 Å². The SMILES string of the molecule is C=C\C=C/C=C\N=C(\N=C(/N=C)c1ccccc1)n1c2ccccc2c2c(-c3ccc4c(c3)c3ccccc3n4-c3cccc4c3oc3ccccc34)cccc21.CC. The highest BCUT2D eigenvalue weighted by atomic mass is 16.3. The quantitative estimate of drug-likeness (QED) is 0.0945. The number of rotatable bonds is 6. The summed E-state index contributed by atoms with van der Waals surface area (Å²) < 4.78 is 11.0. The maximum atomic E-state index is 6.54. The number of para-hydroxylation sites is 4. The van der Waals surface area contributed by atoms with Gasteiger partial charge in [-0.3, -0.25) is 4.57 Å². The lowest BCUT2D eigenvalue weighted by Crippen LogP contribution is -2.12. The van der Waals surface area contributed by atoms with Crippen molar-refractivity contribution >= 4 is 84.1 Å². The van der Waals surface area contributed by atoms with E-state index in [9.17, 15) is 0 Å². The van der Waals surface area contributed by atoms with Crippen molar-refractivity contribution in [1.82, 2.24) is 9.13 Å². The first-order chi connectivity index (χ1) is 29.2. The Hall–Kier alpha value is -7.83. The van der Waals surface area contributed by atoms with Crippen LogP contribution < -0.4 is 0 Å². The number of nitrogens with zero attached hydrogens (tertiary/aromatic N) is 5. The van der Waals surface area contributed by atoms with Crippen LogP contribution in [-0.4, -0.2) is 27.6 Å². The predicted molar refractivity (Wildman–Crippen MR) is 252 cm³/mol. The molecule has 0 unspecified atom stereocenters. The number of hydrogen-bond donors (Lipinski definition) is 0. The van der Waals surface area contributed by atoms with Crippen LogP contribution in [0.25, 0.3) is 82.4 Å². The maximum absolute atomic E-state index is 6.54. The molecule has 284 valence electrons. The lowest BCUT2D eigenvalue weighted by Gasteiger charge is -2.10. The van der Waals surface area contributed by atoms with Crippen LogP contribution in [0.5, 0.6) is 0 Å². The van der Waals surface area contributed by atoms with Crippen LogP contribution in [0.3, 0.4) is 0 Å². The topological polar surface area (TPSA) is 60.1 Å². The van der Waals surface area contributed by atoms with E-state index in [4.69, 9.17) is 14.4 Å². The molecule has 10 aromatic rings. The summed E-state index contributed by atoms with van der Waals surface area (Å²) in [5.41, 5.74) is 10.0. The summed E-state index contributed by atoms with van der Waals surface area (Å²) >= 11 is 0. The van der Waals surface area contributed by atoms with Crippen LogP contribution in [0.15, 0.2) is 214 Å². The van der Waals surface area contributed by atoms with Crippen LogP contribution in [0.1, 0.15) is 19.4 Å². The number of hydrogen-bond acceptors (Lipinski definition) is 2. The Bertz CT molecular complexity index is 3330. The Morgan fingerprint density at radius 3 is 2.08 bits per heavy atom. The first kappa shape index (κ1) is 36.8. The zero-order valence-corrected chi connectivity index (χ0v) is 33.0. The fraction of sp³-hybridized carbons (Fsp3) is 0.0377. The summed E-state index contributed by atoms with van der Waals surface area (Å²) in [6.07, 6.45) is 9.07. The molecule has 6 nitrogen and oxygen atoms in total. The number of aliphatic imine (C=N–C) groups is 3. The van der Waals surface area contributed by atoms with E-state index in [0.29, 0.717) is 11.8 Å². The first-order valence-corrected chi connectivity index (χ1v) is 19.8. The molecule has 0 aliphatic rings. The second kappa shape index (κ2) is 16.0. The molecule has 3 aromatic heterocycles. The molecule has 6 heteroatoms. The maximum Gasteiger partial charge on any atom is 0.236 e. The molecule has 0 aliphatic heterocycles. The number of fused-ring (bicyclic) bond motifs is 9. The van der Waals surface area contributed by atoms with Crippen molar-refractivity contribution in [3.05, 3.63) is 200 Å². The summed E-state index contributed by atoms with van der Waals surface area (Å²) in [5.74, 6) is 0.942. The van der Waals surface area contributed by atoms with E-state index < -0.39 is 0 Å². The molecule has 0 atom stereocenters. The molecule has 0 spiro atoms. The lowest BCUT2D eigenvalue weighted by atomic mass is 9.98. The summed E-state index contributed by atoms with van der Waals surface area (Å²) in [7, 11) is 0. The van der Waals surface area contributed by atoms with Crippen molar-refractivity contribution in [2.45, 2.75) is 13.8 Å². The summed E-state index contributed by atoms with van der Waals surface area (Å²) in [4.78, 5) is 14.3. The van der Waals surface area contributed by atoms with Crippen LogP contribution >= 0.6 is 0 Å². The van der Waals surface area contributed by atoms with E-state index in [0.717, 1.165) is 82.5 Å². The summed E-state index contributed by atoms with van der Waals surface area (Å²) in [6.45, 7) is 11.6. The number of aromatic nitrogens is 2. The van der Waals surface area contributed by atoms with E-state index in [-0.39, 0.29) is 0 Å². The fourth-order valence-corrected chi connectivity index (χ4v) is 8.10. The molecule has 0 bridgehead atoms. The highest BCUT2D eigenvalue weighted by molar-refractivity contribution is 6.21. The third kappa shape index (κ3) is 6.37. The zero-order valence-electron chi connectivity index (χ0n) is 33.0. The van der Waals surface area contributed by atoms with Gasteiger partial charge in [0.15, 0.2) is 11.4 Å². The van der Waals surface area contributed by atoms with E-state index in [1.807, 2.05) is 74.5 Å². The van der Waals surface area contributed by atoms with E-state index in [1.54, 1.807) is 12.3 Å². The van der Waals surface area contributed by atoms with Crippen molar-refractivity contribution < 1.29 is 4.42 Å². The van der Waals surface area contributed by atoms with Gasteiger partial charge < -0.3 is 8.98 Å². The van der Waals surface area contributed by atoms with Crippen molar-refractivity contribution in [1.29, 1.82) is 0 Å². The standard InChI is InChI=1S/C51H35N5O.C2H6/c1-3-4-5-15-32-53-51(54-50(52-2)34-18-7-6-8-19-34)56-43-26-13-10-22-40(43)48-36(23-16-27-45(48)56)35-30-31-44-41(33-35)37-20-9-12-25-42(37)55(44)46-28-17-24-39-38-21-11-14-29-47(38)57-49(39)46;1-2/h3-33H,1-2H2;1-2H3/b5-4-,32-15-,53-51-,54-50-;. The minimum absolute atomic E-state index is 0.464. The van der Waals surface area contributed by atoms with E-state index in [1.165, 1.54) is 5.39 Å². The normalized spacial score (nSPS) is 12.4. The summed E-state index contributed by atoms with van der Waals surface area (Å²) in [5, 5.41) is 6.74. The Morgan fingerprint density at radius 2 is 1.27 bits per heavy atom. The average molecular weight is 764 g/mol. The van der Waals surface area contributed by atoms with Crippen molar-refractivity contribution in [3.8, 4) is 16.8 Å². The van der Waals surface area contributed by atoms with Gasteiger partial charge in [0.1, 0.15) is 5.58 Å². The Balaban J connectivity index is 0.00000221. The number of allylic oxidation sites excluding steroid dienone is 4. The first-order valence-electron chi connectivity index (χ1n) is 19.8. The van der Waals surface area contributed by atoms with E-state index >= 15 is 0 Å². The number of furan rings is 1. The minimum Gasteiger partial charge on any atom is -0.454 e. The monoisotopic (exact) mass is 763 g/mol. The van der Waals surface area contributed by atoms with Crippen LogP contribution in [-0.2, 0) is 0 Å². The molecular formula is C53H41N5O. The molecule has 0 N–H and O–H groups in total. The minimum atomic E-state index is 0.464. The van der Waals surface area contributed by atoms with Gasteiger partial charge in [-0.25, -0.2) is 9.98 Å². The second-order valence-corrected chi connectivity index (χ2v) is 13.7. The highest BCUT2D eigenvalue weighted by Crippen LogP contribution is 2.42. The zero-order chi connectivity index (χ0) is 40.3. The molecule has 0 saturated heterocycles. The molecule has 7 aromatic carbocycles. The molecule has 0 radical (unpaired) electrons. The third-order valence-electron chi connectivity index (χ3n) is 10.5. The molecule has 0 aliphatic carbocycles. The van der Waals surface area contributed by atoms with Gasteiger partial charge in [-0.15, -0.1) is 0 Å². The van der Waals surface area contributed by atoms with Gasteiger partial charge in [0.2, 0.25) is 5.96 Å². The molecule has 0 fully saturated rings.